The van der Waals surface area contributed by atoms with Crippen LogP contribution in [0.15, 0.2) is 12.3 Å². The number of carbonyl (C=O) groups is 2. The summed E-state index contributed by atoms with van der Waals surface area (Å²) in [6.07, 6.45) is 1.04. The number of aryl methyl sites for hydroxylation is 1. The monoisotopic (exact) mass is 181 g/mol. The fourth-order valence-corrected chi connectivity index (χ4v) is 0.907. The number of hydrogen-bond donors (Lipinski definition) is 2. The van der Waals surface area contributed by atoms with E-state index in [0.717, 1.165) is 6.20 Å². The lowest BCUT2D eigenvalue weighted by Crippen LogP contribution is -2.09. The van der Waals surface area contributed by atoms with Gasteiger partial charge in [-0.15, -0.1) is 0 Å². The van der Waals surface area contributed by atoms with Gasteiger partial charge < -0.3 is 10.2 Å². The van der Waals surface area contributed by atoms with Gasteiger partial charge in [-0.3, -0.25) is 4.98 Å². The summed E-state index contributed by atoms with van der Waals surface area (Å²) in [4.78, 5) is 24.8. The molecule has 0 fully saturated rings. The molecule has 0 saturated heterocycles. The molecule has 0 aromatic carbocycles. The third-order valence-corrected chi connectivity index (χ3v) is 1.50. The second kappa shape index (κ2) is 3.22. The van der Waals surface area contributed by atoms with Crippen LogP contribution in [0.25, 0.3) is 0 Å². The van der Waals surface area contributed by atoms with Gasteiger partial charge in [0.2, 0.25) is 0 Å². The fraction of sp³-hybridized carbons (Fsp3) is 0.125. The second-order valence-corrected chi connectivity index (χ2v) is 2.48. The maximum absolute atomic E-state index is 10.6. The van der Waals surface area contributed by atoms with Crippen LogP contribution in [0.5, 0.6) is 0 Å². The summed E-state index contributed by atoms with van der Waals surface area (Å²) in [6.45, 7) is 1.60. The van der Waals surface area contributed by atoms with Crippen LogP contribution < -0.4 is 0 Å². The number of rotatable bonds is 2. The largest absolute Gasteiger partial charge is 0.478 e. The first-order valence-corrected chi connectivity index (χ1v) is 3.45. The molecule has 1 rings (SSSR count). The SMILES string of the molecule is Cc1cc(C(=O)O)c(C(=O)O)cn1. The van der Waals surface area contributed by atoms with Gasteiger partial charge in [0.15, 0.2) is 0 Å². The average molecular weight is 181 g/mol. The molecule has 1 aromatic rings. The van der Waals surface area contributed by atoms with Crippen molar-refractivity contribution < 1.29 is 19.8 Å². The molecule has 0 aliphatic heterocycles. The normalized spacial score (nSPS) is 9.62. The van der Waals surface area contributed by atoms with Gasteiger partial charge in [-0.05, 0) is 13.0 Å². The number of aromatic carboxylic acids is 2. The summed E-state index contributed by atoms with van der Waals surface area (Å²) in [5.41, 5.74) is -0.0551. The number of hydrogen-bond acceptors (Lipinski definition) is 3. The predicted octanol–water partition coefficient (Wildman–Crippen LogP) is 0.786. The Morgan fingerprint density at radius 3 is 2.23 bits per heavy atom. The van der Waals surface area contributed by atoms with Crippen LogP contribution in [0.4, 0.5) is 0 Å². The molecule has 0 atom stereocenters. The molecular weight excluding hydrogens is 174 g/mol. The Labute approximate surface area is 73.7 Å². The molecule has 5 heteroatoms. The zero-order valence-corrected chi connectivity index (χ0v) is 6.81. The van der Waals surface area contributed by atoms with Gasteiger partial charge in [-0.25, -0.2) is 9.59 Å². The van der Waals surface area contributed by atoms with Crippen LogP contribution in [0.2, 0.25) is 0 Å². The van der Waals surface area contributed by atoms with E-state index in [4.69, 9.17) is 10.2 Å². The molecule has 0 unspecified atom stereocenters. The van der Waals surface area contributed by atoms with E-state index in [9.17, 15) is 9.59 Å². The van der Waals surface area contributed by atoms with E-state index in [1.807, 2.05) is 0 Å². The zero-order valence-electron chi connectivity index (χ0n) is 6.81. The van der Waals surface area contributed by atoms with E-state index in [0.29, 0.717) is 5.69 Å². The average Bonchev–Trinajstić information content (AvgIpc) is 2.03. The van der Waals surface area contributed by atoms with Crippen molar-refractivity contribution in [1.29, 1.82) is 0 Å². The summed E-state index contributed by atoms with van der Waals surface area (Å²) in [7, 11) is 0. The lowest BCUT2D eigenvalue weighted by molar-refractivity contribution is 0.0651. The number of nitrogens with zero attached hydrogens (tertiary/aromatic N) is 1. The quantitative estimate of drug-likeness (QED) is 0.704. The van der Waals surface area contributed by atoms with Gasteiger partial charge >= 0.3 is 11.9 Å². The Hall–Kier alpha value is -1.91. The Morgan fingerprint density at radius 2 is 1.77 bits per heavy atom. The van der Waals surface area contributed by atoms with Crippen LogP contribution in [0, 0.1) is 6.92 Å². The predicted molar refractivity (Wildman–Crippen MR) is 42.9 cm³/mol. The highest BCUT2D eigenvalue weighted by Gasteiger charge is 2.15. The van der Waals surface area contributed by atoms with Crippen LogP contribution in [-0.4, -0.2) is 27.1 Å². The Balaban J connectivity index is 3.35. The van der Waals surface area contributed by atoms with Crippen molar-refractivity contribution in [3.63, 3.8) is 0 Å². The molecule has 0 spiro atoms. The molecule has 68 valence electrons. The minimum atomic E-state index is -1.29. The molecule has 0 aliphatic rings. The van der Waals surface area contributed by atoms with Crippen LogP contribution >= 0.6 is 0 Å². The molecule has 13 heavy (non-hydrogen) atoms. The van der Waals surface area contributed by atoms with E-state index >= 15 is 0 Å². The van der Waals surface area contributed by atoms with Crippen molar-refractivity contribution in [1.82, 2.24) is 4.98 Å². The molecule has 0 radical (unpaired) electrons. The van der Waals surface area contributed by atoms with Crippen molar-refractivity contribution >= 4 is 11.9 Å². The third-order valence-electron chi connectivity index (χ3n) is 1.50. The lowest BCUT2D eigenvalue weighted by atomic mass is 10.1. The first-order chi connectivity index (χ1) is 6.02. The van der Waals surface area contributed by atoms with Gasteiger partial charge in [0.05, 0.1) is 11.1 Å². The molecule has 0 bridgehead atoms. The minimum Gasteiger partial charge on any atom is -0.478 e. The molecule has 0 saturated carbocycles. The van der Waals surface area contributed by atoms with Crippen molar-refractivity contribution in [2.24, 2.45) is 0 Å². The molecule has 0 amide bonds. The van der Waals surface area contributed by atoms with Crippen molar-refractivity contribution in [3.8, 4) is 0 Å². The van der Waals surface area contributed by atoms with Gasteiger partial charge in [-0.2, -0.15) is 0 Å². The summed E-state index contributed by atoms with van der Waals surface area (Å²) in [5.74, 6) is -2.55. The summed E-state index contributed by atoms with van der Waals surface area (Å²) < 4.78 is 0. The fourth-order valence-electron chi connectivity index (χ4n) is 0.907. The molecular formula is C8H7NO4. The van der Waals surface area contributed by atoms with Gasteiger partial charge in [0.1, 0.15) is 0 Å². The van der Waals surface area contributed by atoms with E-state index < -0.39 is 11.9 Å². The smallest absolute Gasteiger partial charge is 0.338 e. The first kappa shape index (κ1) is 9.18. The minimum absolute atomic E-state index is 0.236. The van der Waals surface area contributed by atoms with Crippen LogP contribution in [-0.2, 0) is 0 Å². The van der Waals surface area contributed by atoms with Gasteiger partial charge in [0, 0.05) is 11.9 Å². The summed E-state index contributed by atoms with van der Waals surface area (Å²) in [6, 6.07) is 1.23. The van der Waals surface area contributed by atoms with Crippen molar-refractivity contribution in [2.45, 2.75) is 6.92 Å². The van der Waals surface area contributed by atoms with E-state index in [-0.39, 0.29) is 11.1 Å². The molecule has 1 aromatic heterocycles. The Kier molecular flexibility index (Phi) is 2.27. The molecule has 5 nitrogen and oxygen atoms in total. The van der Waals surface area contributed by atoms with E-state index in [1.165, 1.54) is 6.07 Å². The van der Waals surface area contributed by atoms with Gasteiger partial charge in [-0.1, -0.05) is 0 Å². The number of aromatic nitrogens is 1. The third kappa shape index (κ3) is 1.81. The standard InChI is InChI=1S/C8H7NO4/c1-4-2-5(7(10)11)6(3-9-4)8(12)13/h2-3H,1H3,(H,10,11)(H,12,13). The highest BCUT2D eigenvalue weighted by Crippen LogP contribution is 2.09. The highest BCUT2D eigenvalue weighted by atomic mass is 16.4. The number of carboxylic acid groups (broad SMARTS) is 2. The maximum atomic E-state index is 10.6. The first-order valence-electron chi connectivity index (χ1n) is 3.45. The van der Waals surface area contributed by atoms with Gasteiger partial charge in [0.25, 0.3) is 0 Å². The Bertz CT molecular complexity index is 372. The maximum Gasteiger partial charge on any atom is 0.338 e. The van der Waals surface area contributed by atoms with E-state index in [2.05, 4.69) is 4.98 Å². The Morgan fingerprint density at radius 1 is 1.23 bits per heavy atom. The molecule has 1 heterocycles. The summed E-state index contributed by atoms with van der Waals surface area (Å²) in [5, 5.41) is 17.2. The zero-order chi connectivity index (χ0) is 10.0. The van der Waals surface area contributed by atoms with Crippen LogP contribution in [0.1, 0.15) is 26.4 Å². The number of pyridine rings is 1. The highest BCUT2D eigenvalue weighted by molar-refractivity contribution is 6.01. The molecule has 0 aliphatic carbocycles. The second-order valence-electron chi connectivity index (χ2n) is 2.48. The topological polar surface area (TPSA) is 87.5 Å². The lowest BCUT2D eigenvalue weighted by Gasteiger charge is -2.00. The van der Waals surface area contributed by atoms with E-state index in [1.54, 1.807) is 6.92 Å². The van der Waals surface area contributed by atoms with Crippen LogP contribution in [0.3, 0.4) is 0 Å². The molecule has 2 N–H and O–H groups in total. The summed E-state index contributed by atoms with van der Waals surface area (Å²) >= 11 is 0. The van der Waals surface area contributed by atoms with Crippen molar-refractivity contribution in [2.75, 3.05) is 0 Å². The number of carboxylic acids is 2. The van der Waals surface area contributed by atoms with Crippen molar-refractivity contribution in [3.05, 3.63) is 29.1 Å².